The Balaban J connectivity index is 1.60. The van der Waals surface area contributed by atoms with Crippen molar-refractivity contribution in [3.8, 4) is 0 Å². The van der Waals surface area contributed by atoms with Gasteiger partial charge in [-0.2, -0.15) is 0 Å². The van der Waals surface area contributed by atoms with Gasteiger partial charge >= 0.3 is 0 Å². The molecule has 0 aliphatic heterocycles. The number of aryl methyl sites for hydroxylation is 2. The highest BCUT2D eigenvalue weighted by Crippen LogP contribution is 2.23. The van der Waals surface area contributed by atoms with Gasteiger partial charge < -0.3 is 15.7 Å². The van der Waals surface area contributed by atoms with Crippen LogP contribution in [0.25, 0.3) is 10.9 Å². The molecule has 0 saturated heterocycles. The molecule has 7 nitrogen and oxygen atoms in total. The van der Waals surface area contributed by atoms with E-state index in [0.717, 1.165) is 48.7 Å². The summed E-state index contributed by atoms with van der Waals surface area (Å²) >= 11 is 0. The van der Waals surface area contributed by atoms with Crippen LogP contribution in [0.2, 0.25) is 0 Å². The van der Waals surface area contributed by atoms with E-state index in [1.165, 1.54) is 0 Å². The van der Waals surface area contributed by atoms with E-state index >= 15 is 0 Å². The second kappa shape index (κ2) is 8.75. The first-order valence-electron chi connectivity index (χ1n) is 10.5. The number of amides is 1. The fraction of sp³-hybridized carbons (Fsp3) is 0.391. The molecule has 1 aromatic carbocycles. The lowest BCUT2D eigenvalue weighted by atomic mass is 9.93. The van der Waals surface area contributed by atoms with Gasteiger partial charge in [0.1, 0.15) is 5.82 Å². The van der Waals surface area contributed by atoms with Crippen LogP contribution in [0.1, 0.15) is 54.2 Å². The first-order valence-corrected chi connectivity index (χ1v) is 10.5. The number of aromatic nitrogens is 3. The van der Waals surface area contributed by atoms with Crippen molar-refractivity contribution in [2.75, 3.05) is 10.6 Å². The zero-order chi connectivity index (χ0) is 21.1. The third-order valence-electron chi connectivity index (χ3n) is 5.62. The van der Waals surface area contributed by atoms with Gasteiger partial charge in [-0.05, 0) is 56.7 Å². The molecule has 1 aliphatic carbocycles. The molecule has 2 heterocycles. The number of benzene rings is 1. The highest BCUT2D eigenvalue weighted by molar-refractivity contribution is 6.11. The van der Waals surface area contributed by atoms with E-state index in [9.17, 15) is 9.90 Å². The number of fused-ring (bicyclic) bond motifs is 1. The lowest BCUT2D eigenvalue weighted by Crippen LogP contribution is -2.29. The number of aliphatic hydroxyl groups excluding tert-OH is 1. The third-order valence-corrected chi connectivity index (χ3v) is 5.62. The van der Waals surface area contributed by atoms with Crippen molar-refractivity contribution in [3.63, 3.8) is 0 Å². The van der Waals surface area contributed by atoms with Crippen molar-refractivity contribution in [3.05, 3.63) is 53.3 Å². The molecule has 30 heavy (non-hydrogen) atoms. The fourth-order valence-electron chi connectivity index (χ4n) is 3.87. The summed E-state index contributed by atoms with van der Waals surface area (Å²) in [6.45, 7) is 3.94. The summed E-state index contributed by atoms with van der Waals surface area (Å²) in [5, 5.41) is 16.8. The standard InChI is InChI=1S/C23H27N5O2/c1-3-15-8-7-14(2)25-21(15)28-22(30)19-6-4-5-16-13-24-23(27-20(16)19)26-17-9-11-18(29)12-10-17/h4-8,13,17-18,29H,3,9-12H2,1-2H3,(H,24,26,27)(H,25,28,30). The topological polar surface area (TPSA) is 100 Å². The van der Waals surface area contributed by atoms with Gasteiger partial charge in [0.15, 0.2) is 0 Å². The summed E-state index contributed by atoms with van der Waals surface area (Å²) in [7, 11) is 0. The van der Waals surface area contributed by atoms with Crippen LogP contribution in [0, 0.1) is 6.92 Å². The van der Waals surface area contributed by atoms with Crippen molar-refractivity contribution in [2.45, 2.75) is 58.1 Å². The van der Waals surface area contributed by atoms with E-state index in [1.807, 2.05) is 38.1 Å². The SMILES string of the molecule is CCc1ccc(C)nc1NC(=O)c1cccc2cnc(NC3CCC(O)CC3)nc12. The largest absolute Gasteiger partial charge is 0.393 e. The van der Waals surface area contributed by atoms with E-state index < -0.39 is 0 Å². The van der Waals surface area contributed by atoms with E-state index in [4.69, 9.17) is 0 Å². The Hall–Kier alpha value is -3.06. The maximum absolute atomic E-state index is 13.1. The molecule has 1 fully saturated rings. The Morgan fingerprint density at radius 3 is 2.70 bits per heavy atom. The number of carbonyl (C=O) groups excluding carboxylic acids is 1. The van der Waals surface area contributed by atoms with Crippen molar-refractivity contribution in [1.82, 2.24) is 15.0 Å². The van der Waals surface area contributed by atoms with Crippen LogP contribution in [0.5, 0.6) is 0 Å². The number of rotatable bonds is 5. The van der Waals surface area contributed by atoms with E-state index in [-0.39, 0.29) is 18.1 Å². The average molecular weight is 406 g/mol. The molecule has 156 valence electrons. The third kappa shape index (κ3) is 4.41. The summed E-state index contributed by atoms with van der Waals surface area (Å²) in [4.78, 5) is 26.6. The highest BCUT2D eigenvalue weighted by Gasteiger charge is 2.20. The maximum Gasteiger partial charge on any atom is 0.259 e. The lowest BCUT2D eigenvalue weighted by Gasteiger charge is -2.26. The van der Waals surface area contributed by atoms with Crippen LogP contribution in [0.4, 0.5) is 11.8 Å². The number of nitrogens with one attached hydrogen (secondary N) is 2. The predicted octanol–water partition coefficient (Wildman–Crippen LogP) is 3.86. The zero-order valence-electron chi connectivity index (χ0n) is 17.4. The van der Waals surface area contributed by atoms with Gasteiger partial charge in [-0.15, -0.1) is 0 Å². The Kier molecular flexibility index (Phi) is 5.90. The monoisotopic (exact) mass is 405 g/mol. The molecule has 3 N–H and O–H groups in total. The molecular formula is C23H27N5O2. The van der Waals surface area contributed by atoms with Crippen molar-refractivity contribution in [2.24, 2.45) is 0 Å². The number of nitrogens with zero attached hydrogens (tertiary/aromatic N) is 3. The predicted molar refractivity (Wildman–Crippen MR) is 118 cm³/mol. The molecule has 1 amide bonds. The number of pyridine rings is 1. The van der Waals surface area contributed by atoms with Crippen LogP contribution in [0.15, 0.2) is 36.5 Å². The molecule has 4 rings (SSSR count). The van der Waals surface area contributed by atoms with Crippen LogP contribution in [-0.2, 0) is 6.42 Å². The zero-order valence-corrected chi connectivity index (χ0v) is 17.4. The molecule has 7 heteroatoms. The lowest BCUT2D eigenvalue weighted by molar-refractivity contribution is 0.102. The fourth-order valence-corrected chi connectivity index (χ4v) is 3.87. The van der Waals surface area contributed by atoms with Gasteiger partial charge in [-0.1, -0.05) is 25.1 Å². The van der Waals surface area contributed by atoms with E-state index in [2.05, 4.69) is 25.6 Å². The number of hydrogen-bond donors (Lipinski definition) is 3. The van der Waals surface area contributed by atoms with Crippen LogP contribution >= 0.6 is 0 Å². The number of para-hydroxylation sites is 1. The maximum atomic E-state index is 13.1. The molecule has 0 spiro atoms. The van der Waals surface area contributed by atoms with Gasteiger partial charge in [0.25, 0.3) is 5.91 Å². The molecule has 2 aromatic heterocycles. The van der Waals surface area contributed by atoms with Crippen LogP contribution < -0.4 is 10.6 Å². The molecule has 0 radical (unpaired) electrons. The average Bonchev–Trinajstić information content (AvgIpc) is 2.75. The summed E-state index contributed by atoms with van der Waals surface area (Å²) in [5.41, 5.74) is 2.94. The molecule has 0 unspecified atom stereocenters. The Bertz CT molecular complexity index is 1060. The summed E-state index contributed by atoms with van der Waals surface area (Å²) in [5.74, 6) is 0.860. The van der Waals surface area contributed by atoms with Crippen molar-refractivity contribution >= 4 is 28.6 Å². The van der Waals surface area contributed by atoms with Gasteiger partial charge in [-0.3, -0.25) is 4.79 Å². The van der Waals surface area contributed by atoms with Crippen molar-refractivity contribution in [1.29, 1.82) is 0 Å². The smallest absolute Gasteiger partial charge is 0.259 e. The Labute approximate surface area is 176 Å². The summed E-state index contributed by atoms with van der Waals surface area (Å²) < 4.78 is 0. The quantitative estimate of drug-likeness (QED) is 0.596. The number of hydrogen-bond acceptors (Lipinski definition) is 6. The molecule has 0 bridgehead atoms. The van der Waals surface area contributed by atoms with Gasteiger partial charge in [0, 0.05) is 23.3 Å². The number of carbonyl (C=O) groups is 1. The molecule has 1 saturated carbocycles. The minimum atomic E-state index is -0.237. The molecule has 3 aromatic rings. The van der Waals surface area contributed by atoms with E-state index in [1.54, 1.807) is 12.3 Å². The van der Waals surface area contributed by atoms with Gasteiger partial charge in [0.2, 0.25) is 5.95 Å². The first-order chi connectivity index (χ1) is 14.5. The minimum absolute atomic E-state index is 0.209. The van der Waals surface area contributed by atoms with Gasteiger partial charge in [0.05, 0.1) is 17.2 Å². The second-order valence-electron chi connectivity index (χ2n) is 7.85. The van der Waals surface area contributed by atoms with Crippen LogP contribution in [-0.4, -0.2) is 38.1 Å². The number of aliphatic hydroxyl groups is 1. The number of anilines is 2. The molecule has 1 aliphatic rings. The Morgan fingerprint density at radius 2 is 1.93 bits per heavy atom. The summed E-state index contributed by atoms with van der Waals surface area (Å²) in [6.07, 6.45) is 5.63. The molecule has 0 atom stereocenters. The van der Waals surface area contributed by atoms with Crippen LogP contribution in [0.3, 0.4) is 0 Å². The second-order valence-corrected chi connectivity index (χ2v) is 7.85. The highest BCUT2D eigenvalue weighted by atomic mass is 16.3. The summed E-state index contributed by atoms with van der Waals surface area (Å²) in [6, 6.07) is 9.67. The van der Waals surface area contributed by atoms with Gasteiger partial charge in [-0.25, -0.2) is 15.0 Å². The Morgan fingerprint density at radius 1 is 1.13 bits per heavy atom. The first kappa shape index (κ1) is 20.2. The minimum Gasteiger partial charge on any atom is -0.393 e. The van der Waals surface area contributed by atoms with E-state index in [0.29, 0.717) is 22.8 Å². The molecular weight excluding hydrogens is 378 g/mol. The van der Waals surface area contributed by atoms with Crippen molar-refractivity contribution < 1.29 is 9.90 Å². The normalized spacial score (nSPS) is 18.9.